The van der Waals surface area contributed by atoms with Gasteiger partial charge in [0.2, 0.25) is 0 Å². The largest absolute Gasteiger partial charge is 0.480 e. The maximum absolute atomic E-state index is 12.1. The van der Waals surface area contributed by atoms with Gasteiger partial charge in [0, 0.05) is 5.92 Å². The van der Waals surface area contributed by atoms with E-state index in [4.69, 9.17) is 14.4 Å². The number of aliphatic carboxylic acids is 1. The van der Waals surface area contributed by atoms with Gasteiger partial charge in [-0.2, -0.15) is 8.42 Å². The zero-order chi connectivity index (χ0) is 21.9. The molecule has 2 aromatic carbocycles. The third-order valence-corrected chi connectivity index (χ3v) is 4.90. The van der Waals surface area contributed by atoms with Crippen LogP contribution < -0.4 is 5.32 Å². The Morgan fingerprint density at radius 3 is 2.03 bits per heavy atom. The predicted molar refractivity (Wildman–Crippen MR) is 102 cm³/mol. The van der Waals surface area contributed by atoms with Gasteiger partial charge in [0.1, 0.15) is 12.6 Å². The Bertz CT molecular complexity index is 1050. The van der Waals surface area contributed by atoms with Gasteiger partial charge < -0.3 is 19.3 Å². The van der Waals surface area contributed by atoms with Crippen molar-refractivity contribution in [3.8, 4) is 11.1 Å². The number of carbonyl (C=O) groups excluding carboxylic acids is 2. The summed E-state index contributed by atoms with van der Waals surface area (Å²) in [6.07, 6.45) is -2.14. The van der Waals surface area contributed by atoms with Crippen LogP contribution in [0.2, 0.25) is 0 Å². The Kier molecular flexibility index (Phi) is 6.04. The van der Waals surface area contributed by atoms with Crippen molar-refractivity contribution in [3.05, 3.63) is 59.7 Å². The number of nitrogens with one attached hydrogen (secondary N) is 1. The van der Waals surface area contributed by atoms with Crippen LogP contribution in [0.25, 0.3) is 11.1 Å². The molecule has 2 aromatic rings. The molecule has 0 fully saturated rings. The SMILES string of the molecule is O=C(C[C@H](NC(=O)OCC1c2ccccc2-c2ccccc21)C(=O)O)OS(=O)(=O)O. The normalized spacial score (nSPS) is 13.6. The Hall–Kier alpha value is -3.44. The smallest absolute Gasteiger partial charge is 0.448 e. The predicted octanol–water partition coefficient (Wildman–Crippen LogP) is 1.71. The van der Waals surface area contributed by atoms with E-state index in [9.17, 15) is 22.8 Å². The number of hydrogen-bond donors (Lipinski definition) is 3. The first kappa shape index (κ1) is 21.3. The minimum absolute atomic E-state index is 0.0817. The Labute approximate surface area is 171 Å². The van der Waals surface area contributed by atoms with E-state index in [0.717, 1.165) is 22.3 Å². The van der Waals surface area contributed by atoms with Gasteiger partial charge in [0.15, 0.2) is 0 Å². The zero-order valence-corrected chi connectivity index (χ0v) is 16.2. The molecule has 30 heavy (non-hydrogen) atoms. The molecule has 0 saturated heterocycles. The van der Waals surface area contributed by atoms with Crippen LogP contribution in [0.5, 0.6) is 0 Å². The monoisotopic (exact) mass is 435 g/mol. The number of ether oxygens (including phenoxy) is 1. The van der Waals surface area contributed by atoms with Gasteiger partial charge in [0.05, 0.1) is 6.42 Å². The number of carboxylic acid groups (broad SMARTS) is 1. The molecule has 10 nitrogen and oxygen atoms in total. The number of benzene rings is 2. The third kappa shape index (κ3) is 4.93. The molecule has 1 aliphatic carbocycles. The second-order valence-corrected chi connectivity index (χ2v) is 7.47. The number of amides is 1. The van der Waals surface area contributed by atoms with Crippen molar-refractivity contribution < 1.29 is 41.4 Å². The van der Waals surface area contributed by atoms with Crippen LogP contribution in [0.4, 0.5) is 4.79 Å². The molecule has 1 aliphatic rings. The van der Waals surface area contributed by atoms with E-state index in [1.165, 1.54) is 0 Å². The number of alkyl carbamates (subject to hydrolysis) is 1. The lowest BCUT2D eigenvalue weighted by Gasteiger charge is -2.17. The fraction of sp³-hybridized carbons (Fsp3) is 0.211. The Morgan fingerprint density at radius 1 is 1.00 bits per heavy atom. The molecule has 0 aromatic heterocycles. The molecule has 0 saturated carbocycles. The first-order chi connectivity index (χ1) is 14.2. The lowest BCUT2D eigenvalue weighted by atomic mass is 9.98. The minimum Gasteiger partial charge on any atom is -0.480 e. The number of hydrogen-bond acceptors (Lipinski definition) is 7. The van der Waals surface area contributed by atoms with Crippen LogP contribution in [0.3, 0.4) is 0 Å². The van der Waals surface area contributed by atoms with E-state index >= 15 is 0 Å². The maximum atomic E-state index is 12.1. The fourth-order valence-corrected chi connectivity index (χ4v) is 3.60. The molecule has 158 valence electrons. The standard InChI is InChI=1S/C19H17NO9S/c21-17(29-30(25,26)27)9-16(18(22)23)20-19(24)28-10-15-13-7-3-1-5-11(13)12-6-2-4-8-14(12)15/h1-8,15-16H,9-10H2,(H,20,24)(H,22,23)(H,25,26,27)/t16-/m0/s1. The van der Waals surface area contributed by atoms with Crippen LogP contribution in [-0.2, 0) is 28.9 Å². The molecule has 0 spiro atoms. The van der Waals surface area contributed by atoms with Gasteiger partial charge in [-0.05, 0) is 22.3 Å². The molecule has 0 unspecified atom stereocenters. The number of carbonyl (C=O) groups is 3. The highest BCUT2D eigenvalue weighted by molar-refractivity contribution is 7.81. The minimum atomic E-state index is -5.09. The van der Waals surface area contributed by atoms with Crippen molar-refractivity contribution in [1.82, 2.24) is 5.32 Å². The summed E-state index contributed by atoms with van der Waals surface area (Å²) in [5.74, 6) is -3.42. The van der Waals surface area contributed by atoms with Gasteiger partial charge in [0.25, 0.3) is 0 Å². The molecule has 11 heteroatoms. The first-order valence-corrected chi connectivity index (χ1v) is 10.1. The van der Waals surface area contributed by atoms with Crippen LogP contribution in [0.15, 0.2) is 48.5 Å². The highest BCUT2D eigenvalue weighted by atomic mass is 32.3. The van der Waals surface area contributed by atoms with Crippen molar-refractivity contribution >= 4 is 28.4 Å². The van der Waals surface area contributed by atoms with E-state index in [-0.39, 0.29) is 12.5 Å². The Balaban J connectivity index is 1.65. The molecule has 3 N–H and O–H groups in total. The van der Waals surface area contributed by atoms with Crippen molar-refractivity contribution in [1.29, 1.82) is 0 Å². The molecule has 3 rings (SSSR count). The number of carboxylic acids is 1. The highest BCUT2D eigenvalue weighted by Crippen LogP contribution is 2.44. The van der Waals surface area contributed by atoms with Crippen LogP contribution in [0.1, 0.15) is 23.5 Å². The second-order valence-electron chi connectivity index (χ2n) is 6.45. The molecule has 0 heterocycles. The van der Waals surface area contributed by atoms with Gasteiger partial charge in [-0.1, -0.05) is 48.5 Å². The van der Waals surface area contributed by atoms with Crippen molar-refractivity contribution in [2.45, 2.75) is 18.4 Å². The molecule has 0 aliphatic heterocycles. The Morgan fingerprint density at radius 2 is 1.53 bits per heavy atom. The second kappa shape index (κ2) is 8.51. The maximum Gasteiger partial charge on any atom is 0.448 e. The van der Waals surface area contributed by atoms with Crippen molar-refractivity contribution in [2.24, 2.45) is 0 Å². The third-order valence-electron chi connectivity index (χ3n) is 4.50. The van der Waals surface area contributed by atoms with E-state index < -0.39 is 40.9 Å². The summed E-state index contributed by atoms with van der Waals surface area (Å²) in [5.41, 5.74) is 3.94. The molecule has 1 amide bonds. The van der Waals surface area contributed by atoms with E-state index in [1.807, 2.05) is 53.8 Å². The lowest BCUT2D eigenvalue weighted by molar-refractivity contribution is -0.144. The summed E-state index contributed by atoms with van der Waals surface area (Å²) in [7, 11) is -5.09. The molecular weight excluding hydrogens is 418 g/mol. The van der Waals surface area contributed by atoms with Gasteiger partial charge in [-0.25, -0.2) is 9.59 Å². The van der Waals surface area contributed by atoms with Crippen LogP contribution >= 0.6 is 0 Å². The van der Waals surface area contributed by atoms with Gasteiger partial charge in [-0.3, -0.25) is 9.35 Å². The summed E-state index contributed by atoms with van der Waals surface area (Å²) >= 11 is 0. The van der Waals surface area contributed by atoms with Crippen molar-refractivity contribution in [2.75, 3.05) is 6.61 Å². The van der Waals surface area contributed by atoms with Gasteiger partial charge >= 0.3 is 28.4 Å². The van der Waals surface area contributed by atoms with E-state index in [0.29, 0.717) is 0 Å². The molecule has 1 atom stereocenters. The first-order valence-electron chi connectivity index (χ1n) is 8.69. The van der Waals surface area contributed by atoms with Gasteiger partial charge in [-0.15, -0.1) is 0 Å². The average molecular weight is 435 g/mol. The summed E-state index contributed by atoms with van der Waals surface area (Å²) < 4.78 is 38.3. The summed E-state index contributed by atoms with van der Waals surface area (Å²) in [6, 6.07) is 13.4. The lowest BCUT2D eigenvalue weighted by Crippen LogP contribution is -2.43. The number of rotatable bonds is 7. The molecule has 0 radical (unpaired) electrons. The van der Waals surface area contributed by atoms with E-state index in [2.05, 4.69) is 4.18 Å². The molecule has 0 bridgehead atoms. The average Bonchev–Trinajstić information content (AvgIpc) is 2.98. The fourth-order valence-electron chi connectivity index (χ4n) is 3.30. The van der Waals surface area contributed by atoms with Crippen LogP contribution in [0, 0.1) is 0 Å². The van der Waals surface area contributed by atoms with E-state index in [1.54, 1.807) is 0 Å². The quantitative estimate of drug-likeness (QED) is 0.551. The van der Waals surface area contributed by atoms with Crippen LogP contribution in [-0.4, -0.2) is 48.8 Å². The summed E-state index contributed by atoms with van der Waals surface area (Å²) in [6.45, 7) is -0.0817. The summed E-state index contributed by atoms with van der Waals surface area (Å²) in [5, 5.41) is 11.1. The summed E-state index contributed by atoms with van der Waals surface area (Å²) in [4.78, 5) is 34.7. The highest BCUT2D eigenvalue weighted by Gasteiger charge is 2.30. The van der Waals surface area contributed by atoms with Crippen molar-refractivity contribution in [3.63, 3.8) is 0 Å². The topological polar surface area (TPSA) is 156 Å². The zero-order valence-electron chi connectivity index (χ0n) is 15.3. The number of fused-ring (bicyclic) bond motifs is 3. The molecular formula is C19H17NO9S.